The van der Waals surface area contributed by atoms with Crippen LogP contribution in [0.15, 0.2) is 53.7 Å². The molecule has 9 heteroatoms. The van der Waals surface area contributed by atoms with Crippen LogP contribution in [0.3, 0.4) is 0 Å². The number of rotatable bonds is 7. The maximum absolute atomic E-state index is 12.1. The molecule has 1 amide bonds. The Kier molecular flexibility index (Phi) is 6.51. The van der Waals surface area contributed by atoms with Crippen molar-refractivity contribution in [2.45, 2.75) is 19.4 Å². The molecule has 1 atom stereocenters. The number of halogens is 1. The standard InChI is InChI=1S/C17H17ClN4O4/c1-11(17(23)20-13-6-4-7-14(10-13)22(24)25)26-21-16(19)9-12-5-2-3-8-15(12)18/h2-8,10-11H,9H2,1H3,(H2,19,21)(H,20,23). The lowest BCUT2D eigenvalue weighted by Gasteiger charge is -2.11. The fraction of sp³-hybridized carbons (Fsp3) is 0.176. The molecule has 2 aromatic carbocycles. The van der Waals surface area contributed by atoms with Gasteiger partial charge in [0.25, 0.3) is 11.6 Å². The summed E-state index contributed by atoms with van der Waals surface area (Å²) < 4.78 is 0. The molecular formula is C17H17ClN4O4. The zero-order valence-electron chi connectivity index (χ0n) is 13.9. The van der Waals surface area contributed by atoms with E-state index in [9.17, 15) is 14.9 Å². The molecule has 0 heterocycles. The summed E-state index contributed by atoms with van der Waals surface area (Å²) >= 11 is 6.04. The van der Waals surface area contributed by atoms with Gasteiger partial charge in [0.15, 0.2) is 0 Å². The number of benzene rings is 2. The highest BCUT2D eigenvalue weighted by molar-refractivity contribution is 6.31. The molecule has 1 unspecified atom stereocenters. The first-order valence-corrected chi connectivity index (χ1v) is 8.01. The molecule has 26 heavy (non-hydrogen) atoms. The van der Waals surface area contributed by atoms with Crippen molar-refractivity contribution in [2.24, 2.45) is 10.9 Å². The Morgan fingerprint density at radius 3 is 2.77 bits per heavy atom. The van der Waals surface area contributed by atoms with Crippen molar-refractivity contribution in [3.05, 3.63) is 69.2 Å². The number of amidine groups is 1. The number of oxime groups is 1. The van der Waals surface area contributed by atoms with Crippen LogP contribution in [0.2, 0.25) is 5.02 Å². The molecule has 0 aliphatic rings. The molecule has 0 saturated heterocycles. The number of amides is 1. The van der Waals surface area contributed by atoms with E-state index in [0.29, 0.717) is 5.02 Å². The van der Waals surface area contributed by atoms with Gasteiger partial charge in [-0.15, -0.1) is 0 Å². The highest BCUT2D eigenvalue weighted by Crippen LogP contribution is 2.18. The van der Waals surface area contributed by atoms with E-state index < -0.39 is 16.9 Å². The highest BCUT2D eigenvalue weighted by Gasteiger charge is 2.16. The number of anilines is 1. The minimum absolute atomic E-state index is 0.127. The van der Waals surface area contributed by atoms with E-state index in [2.05, 4.69) is 10.5 Å². The van der Waals surface area contributed by atoms with E-state index in [1.54, 1.807) is 12.1 Å². The van der Waals surface area contributed by atoms with Crippen molar-refractivity contribution in [1.82, 2.24) is 0 Å². The molecule has 3 N–H and O–H groups in total. The van der Waals surface area contributed by atoms with Crippen LogP contribution in [0.5, 0.6) is 0 Å². The Labute approximate surface area is 154 Å². The molecule has 0 aliphatic carbocycles. The van der Waals surface area contributed by atoms with Gasteiger partial charge in [-0.05, 0) is 24.6 Å². The third-order valence-corrected chi connectivity index (χ3v) is 3.72. The molecule has 8 nitrogen and oxygen atoms in total. The SMILES string of the molecule is CC(ON=C(N)Cc1ccccc1Cl)C(=O)Nc1cccc([N+](=O)[O-])c1. The first kappa shape index (κ1) is 19.2. The van der Waals surface area contributed by atoms with Gasteiger partial charge >= 0.3 is 0 Å². The lowest BCUT2D eigenvalue weighted by molar-refractivity contribution is -0.384. The summed E-state index contributed by atoms with van der Waals surface area (Å²) in [5.41, 5.74) is 6.73. The summed E-state index contributed by atoms with van der Waals surface area (Å²) in [6.07, 6.45) is -0.669. The normalized spacial score (nSPS) is 12.3. The van der Waals surface area contributed by atoms with Crippen molar-refractivity contribution in [1.29, 1.82) is 0 Å². The van der Waals surface area contributed by atoms with Crippen LogP contribution < -0.4 is 11.1 Å². The highest BCUT2D eigenvalue weighted by atomic mass is 35.5. The van der Waals surface area contributed by atoms with E-state index >= 15 is 0 Å². The molecule has 136 valence electrons. The average Bonchev–Trinajstić information content (AvgIpc) is 2.61. The number of nitro groups is 1. The number of carbonyl (C=O) groups excluding carboxylic acids is 1. The smallest absolute Gasteiger partial charge is 0.271 e. The summed E-state index contributed by atoms with van der Waals surface area (Å²) in [5, 5.41) is 17.6. The van der Waals surface area contributed by atoms with Crippen LogP contribution in [0.1, 0.15) is 12.5 Å². The van der Waals surface area contributed by atoms with Crippen LogP contribution in [0.4, 0.5) is 11.4 Å². The fourth-order valence-corrected chi connectivity index (χ4v) is 2.21. The van der Waals surface area contributed by atoms with Crippen molar-refractivity contribution in [2.75, 3.05) is 5.32 Å². The van der Waals surface area contributed by atoms with Gasteiger partial charge in [-0.1, -0.05) is 41.0 Å². The van der Waals surface area contributed by atoms with E-state index in [1.165, 1.54) is 31.2 Å². The molecule has 0 saturated carbocycles. The molecule has 2 aromatic rings. The molecular weight excluding hydrogens is 360 g/mol. The first-order chi connectivity index (χ1) is 12.4. The van der Waals surface area contributed by atoms with Crippen molar-refractivity contribution < 1.29 is 14.6 Å². The van der Waals surface area contributed by atoms with Crippen LogP contribution in [0, 0.1) is 10.1 Å². The number of hydrogen-bond donors (Lipinski definition) is 2. The van der Waals surface area contributed by atoms with Crippen LogP contribution in [0.25, 0.3) is 0 Å². The number of nitrogens with zero attached hydrogens (tertiary/aromatic N) is 2. The van der Waals surface area contributed by atoms with E-state index in [0.717, 1.165) is 5.56 Å². The number of nitrogens with one attached hydrogen (secondary N) is 1. The quantitative estimate of drug-likeness (QED) is 0.333. The van der Waals surface area contributed by atoms with Gasteiger partial charge in [0.1, 0.15) is 5.84 Å². The van der Waals surface area contributed by atoms with Crippen LogP contribution in [-0.4, -0.2) is 22.8 Å². The largest absolute Gasteiger partial charge is 0.384 e. The Balaban J connectivity index is 1.93. The lowest BCUT2D eigenvalue weighted by Crippen LogP contribution is -2.27. The predicted octanol–water partition coefficient (Wildman–Crippen LogP) is 3.11. The van der Waals surface area contributed by atoms with E-state index in [-0.39, 0.29) is 23.6 Å². The minimum atomic E-state index is -0.945. The van der Waals surface area contributed by atoms with Crippen LogP contribution in [-0.2, 0) is 16.1 Å². The zero-order chi connectivity index (χ0) is 19.1. The molecule has 0 aromatic heterocycles. The lowest BCUT2D eigenvalue weighted by atomic mass is 10.1. The summed E-state index contributed by atoms with van der Waals surface area (Å²) in [6.45, 7) is 1.49. The molecule has 0 fully saturated rings. The van der Waals surface area contributed by atoms with Gasteiger partial charge < -0.3 is 15.9 Å². The summed E-state index contributed by atoms with van der Waals surface area (Å²) in [5.74, 6) is -0.354. The van der Waals surface area contributed by atoms with Gasteiger partial charge in [0.2, 0.25) is 6.10 Å². The number of non-ortho nitro benzene ring substituents is 1. The molecule has 0 radical (unpaired) electrons. The molecule has 0 aliphatic heterocycles. The maximum Gasteiger partial charge on any atom is 0.271 e. The Bertz CT molecular complexity index is 841. The number of nitro benzene ring substituents is 1. The van der Waals surface area contributed by atoms with E-state index in [4.69, 9.17) is 22.2 Å². The predicted molar refractivity (Wildman–Crippen MR) is 99.1 cm³/mol. The Hall–Kier alpha value is -3.13. The van der Waals surface area contributed by atoms with Crippen LogP contribution >= 0.6 is 11.6 Å². The van der Waals surface area contributed by atoms with Gasteiger partial charge in [-0.3, -0.25) is 14.9 Å². The van der Waals surface area contributed by atoms with Gasteiger partial charge in [0.05, 0.1) is 4.92 Å². The molecule has 0 bridgehead atoms. The average molecular weight is 377 g/mol. The second-order valence-electron chi connectivity index (χ2n) is 5.40. The summed E-state index contributed by atoms with van der Waals surface area (Å²) in [6, 6.07) is 12.8. The second kappa shape index (κ2) is 8.82. The second-order valence-corrected chi connectivity index (χ2v) is 5.80. The maximum atomic E-state index is 12.1. The Morgan fingerprint density at radius 2 is 2.08 bits per heavy atom. The minimum Gasteiger partial charge on any atom is -0.384 e. The van der Waals surface area contributed by atoms with Crippen molar-refractivity contribution in [3.8, 4) is 0 Å². The summed E-state index contributed by atoms with van der Waals surface area (Å²) in [4.78, 5) is 27.4. The van der Waals surface area contributed by atoms with Gasteiger partial charge in [-0.25, -0.2) is 0 Å². The Morgan fingerprint density at radius 1 is 1.35 bits per heavy atom. The first-order valence-electron chi connectivity index (χ1n) is 7.63. The fourth-order valence-electron chi connectivity index (χ4n) is 2.00. The van der Waals surface area contributed by atoms with Gasteiger partial charge in [0, 0.05) is 29.3 Å². The third-order valence-electron chi connectivity index (χ3n) is 3.35. The topological polar surface area (TPSA) is 120 Å². The monoisotopic (exact) mass is 376 g/mol. The number of carbonyl (C=O) groups is 1. The summed E-state index contributed by atoms with van der Waals surface area (Å²) in [7, 11) is 0. The van der Waals surface area contributed by atoms with E-state index in [1.807, 2.05) is 12.1 Å². The molecule has 2 rings (SSSR count). The zero-order valence-corrected chi connectivity index (χ0v) is 14.6. The molecule has 0 spiro atoms. The van der Waals surface area contributed by atoms with Crippen molar-refractivity contribution in [3.63, 3.8) is 0 Å². The third kappa shape index (κ3) is 5.45. The van der Waals surface area contributed by atoms with Crippen molar-refractivity contribution >= 4 is 34.7 Å². The number of nitrogens with two attached hydrogens (primary N) is 1. The number of hydrogen-bond acceptors (Lipinski definition) is 5. The van der Waals surface area contributed by atoms with Gasteiger partial charge in [-0.2, -0.15) is 0 Å².